The third kappa shape index (κ3) is 4.68. The minimum absolute atomic E-state index is 0.0307. The number of likely N-dealkylation sites (tertiary alicyclic amines) is 1. The average Bonchev–Trinajstić information content (AvgIpc) is 3.08. The zero-order valence-corrected chi connectivity index (χ0v) is 17.4. The van der Waals surface area contributed by atoms with Crippen molar-refractivity contribution in [1.29, 1.82) is 0 Å². The maximum atomic E-state index is 13.0. The highest BCUT2D eigenvalue weighted by molar-refractivity contribution is 5.94. The number of carbonyl (C=O) groups excluding carboxylic acids is 1. The molecule has 3 heterocycles. The van der Waals surface area contributed by atoms with E-state index in [0.717, 1.165) is 38.3 Å². The molecule has 0 bridgehead atoms. The highest BCUT2D eigenvalue weighted by Crippen LogP contribution is 2.30. The molecule has 1 N–H and O–H groups in total. The number of carbonyl (C=O) groups is 1. The average molecular weight is 406 g/mol. The molecule has 156 valence electrons. The lowest BCUT2D eigenvalue weighted by atomic mass is 9.97. The third-order valence-electron chi connectivity index (χ3n) is 5.59. The zero-order chi connectivity index (χ0) is 20.9. The van der Waals surface area contributed by atoms with Crippen molar-refractivity contribution in [3.05, 3.63) is 66.5 Å². The van der Waals surface area contributed by atoms with Crippen LogP contribution in [0, 0.1) is 12.8 Å². The van der Waals surface area contributed by atoms with Crippen molar-refractivity contribution in [2.75, 3.05) is 18.4 Å². The molecule has 7 heteroatoms. The highest BCUT2D eigenvalue weighted by Gasteiger charge is 2.27. The standard InChI is InChI=1S/C23H27N5O2/c1-17-25-13-19(27(17)2)16-28-12-6-7-18(15-28)23(29)26-21-9-3-4-10-22(21)30-20-8-5-11-24-14-20/h3-5,8-11,13-14,18H,6-7,12,15-16H2,1-2H3,(H,26,29). The van der Waals surface area contributed by atoms with E-state index in [2.05, 4.69) is 24.8 Å². The number of imidazole rings is 1. The normalized spacial score (nSPS) is 16.9. The molecule has 30 heavy (non-hydrogen) atoms. The van der Waals surface area contributed by atoms with Gasteiger partial charge in [0.15, 0.2) is 5.75 Å². The van der Waals surface area contributed by atoms with Gasteiger partial charge in [-0.05, 0) is 50.6 Å². The molecule has 0 aliphatic carbocycles. The van der Waals surface area contributed by atoms with Crippen LogP contribution in [0.3, 0.4) is 0 Å². The fraction of sp³-hybridized carbons (Fsp3) is 0.348. The summed E-state index contributed by atoms with van der Waals surface area (Å²) in [5.41, 5.74) is 1.84. The number of pyridine rings is 1. The fourth-order valence-electron chi connectivity index (χ4n) is 3.77. The van der Waals surface area contributed by atoms with Crippen LogP contribution >= 0.6 is 0 Å². The minimum atomic E-state index is -0.0560. The summed E-state index contributed by atoms with van der Waals surface area (Å²) in [6.45, 7) is 4.54. The van der Waals surface area contributed by atoms with Crippen LogP contribution in [0.2, 0.25) is 0 Å². The summed E-state index contributed by atoms with van der Waals surface area (Å²) in [5, 5.41) is 3.07. The molecule has 1 fully saturated rings. The molecule has 0 radical (unpaired) electrons. The minimum Gasteiger partial charge on any atom is -0.454 e. The van der Waals surface area contributed by atoms with Crippen LogP contribution in [-0.2, 0) is 18.4 Å². The summed E-state index contributed by atoms with van der Waals surface area (Å²) in [7, 11) is 2.03. The van der Waals surface area contributed by atoms with Crippen LogP contribution in [-0.4, -0.2) is 38.4 Å². The number of benzene rings is 1. The lowest BCUT2D eigenvalue weighted by Crippen LogP contribution is -2.40. The molecule has 1 amide bonds. The van der Waals surface area contributed by atoms with Gasteiger partial charge in [-0.3, -0.25) is 14.7 Å². The molecular formula is C23H27N5O2. The van der Waals surface area contributed by atoms with Gasteiger partial charge in [-0.1, -0.05) is 12.1 Å². The second-order valence-corrected chi connectivity index (χ2v) is 7.71. The van der Waals surface area contributed by atoms with Crippen molar-refractivity contribution < 1.29 is 9.53 Å². The van der Waals surface area contributed by atoms with Gasteiger partial charge in [0.2, 0.25) is 5.91 Å². The summed E-state index contributed by atoms with van der Waals surface area (Å²) in [5.74, 6) is 2.22. The smallest absolute Gasteiger partial charge is 0.228 e. The van der Waals surface area contributed by atoms with Crippen molar-refractivity contribution in [3.8, 4) is 11.5 Å². The van der Waals surface area contributed by atoms with Crippen molar-refractivity contribution in [3.63, 3.8) is 0 Å². The Morgan fingerprint density at radius 3 is 2.87 bits per heavy atom. The van der Waals surface area contributed by atoms with Crippen LogP contribution < -0.4 is 10.1 Å². The van der Waals surface area contributed by atoms with Gasteiger partial charge >= 0.3 is 0 Å². The van der Waals surface area contributed by atoms with Gasteiger partial charge in [0.05, 0.1) is 23.5 Å². The Morgan fingerprint density at radius 1 is 1.23 bits per heavy atom. The Balaban J connectivity index is 1.41. The molecule has 3 aromatic rings. The predicted molar refractivity (Wildman–Crippen MR) is 115 cm³/mol. The van der Waals surface area contributed by atoms with Crippen LogP contribution in [0.15, 0.2) is 55.0 Å². The van der Waals surface area contributed by atoms with Crippen LogP contribution in [0.1, 0.15) is 24.4 Å². The number of nitrogens with zero attached hydrogens (tertiary/aromatic N) is 4. The van der Waals surface area contributed by atoms with E-state index in [-0.39, 0.29) is 11.8 Å². The SMILES string of the molecule is Cc1ncc(CN2CCCC(C(=O)Nc3ccccc3Oc3cccnc3)C2)n1C. The lowest BCUT2D eigenvalue weighted by Gasteiger charge is -2.32. The summed E-state index contributed by atoms with van der Waals surface area (Å²) in [6, 6.07) is 11.1. The molecule has 1 aliphatic rings. The molecule has 2 aromatic heterocycles. The number of para-hydroxylation sites is 2. The number of amides is 1. The number of aromatic nitrogens is 3. The molecule has 1 saturated heterocycles. The van der Waals surface area contributed by atoms with Crippen LogP contribution in [0.25, 0.3) is 0 Å². The summed E-state index contributed by atoms with van der Waals surface area (Å²) in [4.78, 5) is 23.8. The number of piperidine rings is 1. The van der Waals surface area contributed by atoms with Gasteiger partial charge in [0.1, 0.15) is 11.6 Å². The monoisotopic (exact) mass is 405 g/mol. The first-order valence-corrected chi connectivity index (χ1v) is 10.3. The van der Waals surface area contributed by atoms with Crippen LogP contribution in [0.5, 0.6) is 11.5 Å². The van der Waals surface area contributed by atoms with Crippen molar-refractivity contribution >= 4 is 11.6 Å². The number of hydrogen-bond acceptors (Lipinski definition) is 5. The Hall–Kier alpha value is -3.19. The second-order valence-electron chi connectivity index (χ2n) is 7.71. The van der Waals surface area contributed by atoms with E-state index in [4.69, 9.17) is 4.74 Å². The van der Waals surface area contributed by atoms with E-state index < -0.39 is 0 Å². The summed E-state index contributed by atoms with van der Waals surface area (Å²) < 4.78 is 8.02. The Labute approximate surface area is 176 Å². The maximum absolute atomic E-state index is 13.0. The summed E-state index contributed by atoms with van der Waals surface area (Å²) >= 11 is 0. The second kappa shape index (κ2) is 9.09. The van der Waals surface area contributed by atoms with E-state index in [0.29, 0.717) is 17.2 Å². The molecule has 0 saturated carbocycles. The number of nitrogens with one attached hydrogen (secondary N) is 1. The Bertz CT molecular complexity index is 1000. The summed E-state index contributed by atoms with van der Waals surface area (Å²) in [6.07, 6.45) is 7.16. The molecule has 0 spiro atoms. The van der Waals surface area contributed by atoms with Crippen molar-refractivity contribution in [2.45, 2.75) is 26.3 Å². The van der Waals surface area contributed by atoms with Crippen LogP contribution in [0.4, 0.5) is 5.69 Å². The number of ether oxygens (including phenoxy) is 1. The quantitative estimate of drug-likeness (QED) is 0.676. The van der Waals surface area contributed by atoms with E-state index in [1.54, 1.807) is 12.4 Å². The van der Waals surface area contributed by atoms with E-state index in [9.17, 15) is 4.79 Å². The number of rotatable bonds is 6. The largest absolute Gasteiger partial charge is 0.454 e. The van der Waals surface area contributed by atoms with E-state index >= 15 is 0 Å². The van der Waals surface area contributed by atoms with Gasteiger partial charge in [0, 0.05) is 32.5 Å². The molecule has 7 nitrogen and oxygen atoms in total. The lowest BCUT2D eigenvalue weighted by molar-refractivity contribution is -0.121. The van der Waals surface area contributed by atoms with Crippen molar-refractivity contribution in [1.82, 2.24) is 19.4 Å². The van der Waals surface area contributed by atoms with Gasteiger partial charge in [-0.15, -0.1) is 0 Å². The van der Waals surface area contributed by atoms with E-state index in [1.807, 2.05) is 56.6 Å². The first-order valence-electron chi connectivity index (χ1n) is 10.3. The number of aryl methyl sites for hydroxylation is 1. The van der Waals surface area contributed by atoms with Crippen molar-refractivity contribution in [2.24, 2.45) is 13.0 Å². The zero-order valence-electron chi connectivity index (χ0n) is 17.4. The fourth-order valence-corrected chi connectivity index (χ4v) is 3.77. The maximum Gasteiger partial charge on any atom is 0.228 e. The molecular weight excluding hydrogens is 378 g/mol. The first-order chi connectivity index (χ1) is 14.6. The van der Waals surface area contributed by atoms with E-state index in [1.165, 1.54) is 5.69 Å². The van der Waals surface area contributed by atoms with Gasteiger partial charge < -0.3 is 14.6 Å². The molecule has 1 unspecified atom stereocenters. The molecule has 4 rings (SSSR count). The molecule has 1 aromatic carbocycles. The topological polar surface area (TPSA) is 72.3 Å². The van der Waals surface area contributed by atoms with Gasteiger partial charge in [0.25, 0.3) is 0 Å². The number of anilines is 1. The Kier molecular flexibility index (Phi) is 6.09. The first kappa shape index (κ1) is 20.1. The Morgan fingerprint density at radius 2 is 2.10 bits per heavy atom. The van der Waals surface area contributed by atoms with Gasteiger partial charge in [-0.2, -0.15) is 0 Å². The molecule has 1 atom stereocenters. The highest BCUT2D eigenvalue weighted by atomic mass is 16.5. The van der Waals surface area contributed by atoms with Gasteiger partial charge in [-0.25, -0.2) is 4.98 Å². The molecule has 1 aliphatic heterocycles. The predicted octanol–water partition coefficient (Wildman–Crippen LogP) is 3.77. The third-order valence-corrected chi connectivity index (χ3v) is 5.59. The number of hydrogen-bond donors (Lipinski definition) is 1.